The van der Waals surface area contributed by atoms with E-state index in [2.05, 4.69) is 23.3 Å². The van der Waals surface area contributed by atoms with E-state index in [1.165, 1.54) is 0 Å². The Labute approximate surface area is 83.8 Å². The van der Waals surface area contributed by atoms with Crippen LogP contribution in [0.3, 0.4) is 0 Å². The number of esters is 1. The van der Waals surface area contributed by atoms with E-state index in [9.17, 15) is 4.79 Å². The Kier molecular flexibility index (Phi) is 6.97. The molecule has 0 rings (SSSR count). The van der Waals surface area contributed by atoms with Gasteiger partial charge >= 0.3 is 5.97 Å². The van der Waals surface area contributed by atoms with Crippen LogP contribution >= 0.6 is 12.6 Å². The van der Waals surface area contributed by atoms with E-state index < -0.39 is 12.0 Å². The van der Waals surface area contributed by atoms with E-state index in [1.807, 2.05) is 0 Å². The molecule has 0 saturated carbocycles. The SMILES string of the molecule is CNC(COC(=O)C(N)CS)NC. The van der Waals surface area contributed by atoms with Gasteiger partial charge in [0.05, 0.1) is 6.17 Å². The number of hydrogen-bond acceptors (Lipinski definition) is 6. The first-order valence-electron chi connectivity index (χ1n) is 4.03. The number of likely N-dealkylation sites (N-methyl/N-ethyl adjacent to an activating group) is 2. The minimum absolute atomic E-state index is 0.0453. The maximum Gasteiger partial charge on any atom is 0.323 e. The molecule has 0 aromatic rings. The zero-order valence-corrected chi connectivity index (χ0v) is 8.80. The Morgan fingerprint density at radius 3 is 2.46 bits per heavy atom. The van der Waals surface area contributed by atoms with Gasteiger partial charge in [0, 0.05) is 5.75 Å². The number of carbonyl (C=O) groups is 1. The molecule has 6 heteroatoms. The fourth-order valence-electron chi connectivity index (χ4n) is 0.658. The van der Waals surface area contributed by atoms with E-state index >= 15 is 0 Å². The summed E-state index contributed by atoms with van der Waals surface area (Å²) in [7, 11) is 3.54. The van der Waals surface area contributed by atoms with Crippen molar-refractivity contribution >= 4 is 18.6 Å². The van der Waals surface area contributed by atoms with Crippen LogP contribution in [0.1, 0.15) is 0 Å². The van der Waals surface area contributed by atoms with Crippen molar-refractivity contribution in [3.05, 3.63) is 0 Å². The molecule has 0 spiro atoms. The highest BCUT2D eigenvalue weighted by Crippen LogP contribution is 1.89. The number of rotatable bonds is 6. The molecule has 4 N–H and O–H groups in total. The Hall–Kier alpha value is -0.300. The summed E-state index contributed by atoms with van der Waals surface area (Å²) >= 11 is 3.89. The van der Waals surface area contributed by atoms with Crippen LogP contribution in [0.2, 0.25) is 0 Å². The average molecular weight is 207 g/mol. The number of carbonyl (C=O) groups excluding carboxylic acids is 1. The zero-order chi connectivity index (χ0) is 10.3. The predicted octanol–water partition coefficient (Wildman–Crippen LogP) is -1.45. The lowest BCUT2D eigenvalue weighted by atomic mass is 10.4. The standard InChI is InChI=1S/C7H17N3O2S/c1-9-6(10-2)3-12-7(11)5(8)4-13/h5-6,9-10,13H,3-4,8H2,1-2H3. The van der Waals surface area contributed by atoms with E-state index in [4.69, 9.17) is 10.5 Å². The fraction of sp³-hybridized carbons (Fsp3) is 0.857. The predicted molar refractivity (Wildman–Crippen MR) is 54.7 cm³/mol. The first kappa shape index (κ1) is 12.7. The molecule has 0 aromatic carbocycles. The van der Waals surface area contributed by atoms with Crippen molar-refractivity contribution in [3.8, 4) is 0 Å². The number of ether oxygens (including phenoxy) is 1. The van der Waals surface area contributed by atoms with Crippen molar-refractivity contribution in [2.45, 2.75) is 12.2 Å². The summed E-state index contributed by atoms with van der Waals surface area (Å²) in [6.07, 6.45) is -0.0453. The molecule has 0 aliphatic rings. The lowest BCUT2D eigenvalue weighted by molar-refractivity contribution is -0.145. The third-order valence-corrected chi connectivity index (χ3v) is 1.98. The summed E-state index contributed by atoms with van der Waals surface area (Å²) in [6.45, 7) is 0.257. The van der Waals surface area contributed by atoms with Crippen LogP contribution in [-0.2, 0) is 9.53 Å². The molecular formula is C7H17N3O2S. The van der Waals surface area contributed by atoms with E-state index in [1.54, 1.807) is 14.1 Å². The van der Waals surface area contributed by atoms with Gasteiger partial charge in [-0.05, 0) is 14.1 Å². The highest BCUT2D eigenvalue weighted by molar-refractivity contribution is 7.80. The normalized spacial score (nSPS) is 13.0. The molecule has 0 amide bonds. The Bertz CT molecular complexity index is 153. The summed E-state index contributed by atoms with van der Waals surface area (Å²) in [6, 6.07) is -0.641. The second-order valence-electron chi connectivity index (χ2n) is 2.55. The third-order valence-electron chi connectivity index (χ3n) is 1.59. The molecule has 1 atom stereocenters. The van der Waals surface area contributed by atoms with E-state index in [-0.39, 0.29) is 12.8 Å². The first-order chi connectivity index (χ1) is 6.15. The number of thiol groups is 1. The number of hydrogen-bond donors (Lipinski definition) is 4. The summed E-state index contributed by atoms with van der Waals surface area (Å²) in [5.41, 5.74) is 5.39. The molecular weight excluding hydrogens is 190 g/mol. The minimum Gasteiger partial charge on any atom is -0.461 e. The van der Waals surface area contributed by atoms with Crippen molar-refractivity contribution in [1.29, 1.82) is 0 Å². The fourth-order valence-corrected chi connectivity index (χ4v) is 0.807. The van der Waals surface area contributed by atoms with Crippen molar-refractivity contribution in [2.24, 2.45) is 5.73 Å². The molecule has 13 heavy (non-hydrogen) atoms. The molecule has 0 aliphatic carbocycles. The van der Waals surface area contributed by atoms with Crippen molar-refractivity contribution < 1.29 is 9.53 Å². The maximum absolute atomic E-state index is 11.1. The molecule has 78 valence electrons. The highest BCUT2D eigenvalue weighted by atomic mass is 32.1. The van der Waals surface area contributed by atoms with Gasteiger partial charge in [0.2, 0.25) is 0 Å². The molecule has 0 fully saturated rings. The van der Waals surface area contributed by atoms with E-state index in [0.717, 1.165) is 0 Å². The number of nitrogens with two attached hydrogens (primary N) is 1. The topological polar surface area (TPSA) is 76.4 Å². The molecule has 1 unspecified atom stereocenters. The van der Waals surface area contributed by atoms with Gasteiger partial charge in [-0.2, -0.15) is 12.6 Å². The second-order valence-corrected chi connectivity index (χ2v) is 2.91. The largest absolute Gasteiger partial charge is 0.461 e. The van der Waals surface area contributed by atoms with Gasteiger partial charge in [0.25, 0.3) is 0 Å². The molecule has 0 aromatic heterocycles. The molecule has 0 heterocycles. The molecule has 0 radical (unpaired) electrons. The summed E-state index contributed by atoms with van der Waals surface area (Å²) < 4.78 is 4.90. The second kappa shape index (κ2) is 7.14. The van der Waals surface area contributed by atoms with Gasteiger partial charge in [-0.15, -0.1) is 0 Å². The lowest BCUT2D eigenvalue weighted by Gasteiger charge is -2.16. The van der Waals surface area contributed by atoms with Gasteiger partial charge in [-0.1, -0.05) is 0 Å². The Morgan fingerprint density at radius 2 is 2.08 bits per heavy atom. The monoisotopic (exact) mass is 207 g/mol. The van der Waals surface area contributed by atoms with Crippen LogP contribution in [0.4, 0.5) is 0 Å². The summed E-state index contributed by atoms with van der Waals surface area (Å²) in [4.78, 5) is 11.1. The van der Waals surface area contributed by atoms with Gasteiger partial charge in [0.15, 0.2) is 0 Å². The Morgan fingerprint density at radius 1 is 1.54 bits per heavy atom. The molecule has 0 aliphatic heterocycles. The van der Waals surface area contributed by atoms with Crippen LogP contribution in [0.15, 0.2) is 0 Å². The van der Waals surface area contributed by atoms with Crippen LogP contribution in [0.5, 0.6) is 0 Å². The van der Waals surface area contributed by atoms with Crippen LogP contribution in [-0.4, -0.2) is 44.6 Å². The average Bonchev–Trinajstić information content (AvgIpc) is 2.17. The quantitative estimate of drug-likeness (QED) is 0.244. The summed E-state index contributed by atoms with van der Waals surface area (Å²) in [5, 5.41) is 5.83. The highest BCUT2D eigenvalue weighted by Gasteiger charge is 2.14. The van der Waals surface area contributed by atoms with Crippen molar-refractivity contribution in [1.82, 2.24) is 10.6 Å². The van der Waals surface area contributed by atoms with Crippen molar-refractivity contribution in [3.63, 3.8) is 0 Å². The van der Waals surface area contributed by atoms with Crippen LogP contribution in [0, 0.1) is 0 Å². The Balaban J connectivity index is 3.68. The van der Waals surface area contributed by atoms with E-state index in [0.29, 0.717) is 5.75 Å². The maximum atomic E-state index is 11.1. The first-order valence-corrected chi connectivity index (χ1v) is 4.66. The smallest absolute Gasteiger partial charge is 0.323 e. The van der Waals surface area contributed by atoms with Crippen LogP contribution in [0.25, 0.3) is 0 Å². The van der Waals surface area contributed by atoms with Crippen LogP contribution < -0.4 is 16.4 Å². The van der Waals surface area contributed by atoms with Gasteiger partial charge in [0.1, 0.15) is 12.6 Å². The van der Waals surface area contributed by atoms with Gasteiger partial charge in [-0.25, -0.2) is 0 Å². The molecule has 0 bridgehead atoms. The summed E-state index contributed by atoms with van der Waals surface area (Å²) in [5.74, 6) is -0.131. The van der Waals surface area contributed by atoms with Crippen molar-refractivity contribution in [2.75, 3.05) is 26.5 Å². The third kappa shape index (κ3) is 5.09. The molecule has 0 saturated heterocycles. The van der Waals surface area contributed by atoms with Gasteiger partial charge in [-0.3, -0.25) is 4.79 Å². The zero-order valence-electron chi connectivity index (χ0n) is 7.91. The minimum atomic E-state index is -0.641. The number of nitrogens with one attached hydrogen (secondary N) is 2. The van der Waals surface area contributed by atoms with Gasteiger partial charge < -0.3 is 21.1 Å². The lowest BCUT2D eigenvalue weighted by Crippen LogP contribution is -2.44. The molecule has 5 nitrogen and oxygen atoms in total.